The van der Waals surface area contributed by atoms with E-state index in [9.17, 15) is 0 Å². The molecule has 0 aromatic heterocycles. The highest BCUT2D eigenvalue weighted by Gasteiger charge is 2.29. The van der Waals surface area contributed by atoms with Crippen molar-refractivity contribution in [2.24, 2.45) is 11.3 Å². The van der Waals surface area contributed by atoms with Gasteiger partial charge in [-0.15, -0.1) is 0 Å². The Labute approximate surface area is 127 Å². The lowest BCUT2D eigenvalue weighted by atomic mass is 9.77. The first kappa shape index (κ1) is 18.0. The predicted octanol–water partition coefficient (Wildman–Crippen LogP) is 4.30. The average molecular weight is 283 g/mol. The van der Waals surface area contributed by atoms with E-state index in [1.54, 1.807) is 0 Å². The molecule has 0 aromatic carbocycles. The van der Waals surface area contributed by atoms with Gasteiger partial charge in [-0.05, 0) is 70.9 Å². The molecule has 1 saturated heterocycles. The minimum Gasteiger partial charge on any atom is -0.311 e. The molecule has 0 bridgehead atoms. The summed E-state index contributed by atoms with van der Waals surface area (Å²) in [5.41, 5.74) is 0.703. The van der Waals surface area contributed by atoms with Crippen molar-refractivity contribution >= 4 is 0 Å². The molecule has 20 heavy (non-hydrogen) atoms. The number of hydrogen-bond donors (Lipinski definition) is 1. The Bertz CT molecular complexity index is 272. The molecule has 1 heterocycles. The molecular weight excluding hydrogens is 244 g/mol. The quantitative estimate of drug-likeness (QED) is 0.827. The number of likely N-dealkylation sites (tertiary alicyclic amines) is 1. The van der Waals surface area contributed by atoms with Crippen molar-refractivity contribution in [1.29, 1.82) is 0 Å². The minimum atomic E-state index is 0.229. The van der Waals surface area contributed by atoms with E-state index in [4.69, 9.17) is 0 Å². The highest BCUT2D eigenvalue weighted by molar-refractivity contribution is 4.83. The van der Waals surface area contributed by atoms with Gasteiger partial charge in [-0.2, -0.15) is 0 Å². The largest absolute Gasteiger partial charge is 0.311 e. The van der Waals surface area contributed by atoms with Gasteiger partial charge in [0.2, 0.25) is 0 Å². The zero-order chi connectivity index (χ0) is 15.4. The first-order valence-electron chi connectivity index (χ1n) is 8.62. The fourth-order valence-corrected chi connectivity index (χ4v) is 3.31. The van der Waals surface area contributed by atoms with Crippen LogP contribution in [0.4, 0.5) is 0 Å². The predicted molar refractivity (Wildman–Crippen MR) is 90.2 cm³/mol. The summed E-state index contributed by atoms with van der Waals surface area (Å²) in [6.45, 7) is 20.0. The minimum absolute atomic E-state index is 0.229. The molecule has 2 heteroatoms. The van der Waals surface area contributed by atoms with E-state index in [1.165, 1.54) is 38.8 Å². The molecule has 0 aromatic rings. The van der Waals surface area contributed by atoms with Crippen LogP contribution in [-0.2, 0) is 0 Å². The van der Waals surface area contributed by atoms with Gasteiger partial charge in [0, 0.05) is 18.1 Å². The molecule has 2 atom stereocenters. The third-order valence-corrected chi connectivity index (χ3v) is 4.84. The van der Waals surface area contributed by atoms with Crippen molar-refractivity contribution in [3.05, 3.63) is 0 Å². The smallest absolute Gasteiger partial charge is 0.0218 e. The van der Waals surface area contributed by atoms with Gasteiger partial charge in [-0.3, -0.25) is 4.90 Å². The Morgan fingerprint density at radius 2 is 1.70 bits per heavy atom. The molecule has 120 valence electrons. The van der Waals surface area contributed by atoms with Gasteiger partial charge < -0.3 is 5.32 Å². The van der Waals surface area contributed by atoms with Crippen molar-refractivity contribution in [2.75, 3.05) is 19.6 Å². The van der Waals surface area contributed by atoms with Crippen LogP contribution in [0.5, 0.6) is 0 Å². The fraction of sp³-hybridized carbons (Fsp3) is 1.00. The molecule has 0 saturated carbocycles. The number of hydrogen-bond acceptors (Lipinski definition) is 2. The maximum Gasteiger partial charge on any atom is 0.0218 e. The van der Waals surface area contributed by atoms with Crippen LogP contribution >= 0.6 is 0 Å². The molecule has 0 amide bonds. The van der Waals surface area contributed by atoms with Gasteiger partial charge in [0.15, 0.2) is 0 Å². The van der Waals surface area contributed by atoms with Crippen LogP contribution in [0.1, 0.15) is 74.1 Å². The van der Waals surface area contributed by atoms with Gasteiger partial charge in [-0.25, -0.2) is 0 Å². The second-order valence-electron chi connectivity index (χ2n) is 8.72. The van der Waals surface area contributed by atoms with E-state index < -0.39 is 0 Å². The first-order valence-corrected chi connectivity index (χ1v) is 8.62. The first-order chi connectivity index (χ1) is 9.13. The Hall–Kier alpha value is -0.0800. The van der Waals surface area contributed by atoms with Crippen molar-refractivity contribution < 1.29 is 0 Å². The Morgan fingerprint density at radius 3 is 2.20 bits per heavy atom. The van der Waals surface area contributed by atoms with E-state index >= 15 is 0 Å². The maximum absolute atomic E-state index is 3.69. The molecule has 0 aliphatic carbocycles. The lowest BCUT2D eigenvalue weighted by molar-refractivity contribution is 0.169. The molecular formula is C18H38N2. The summed E-state index contributed by atoms with van der Waals surface area (Å²) in [5.74, 6) is 0.889. The van der Waals surface area contributed by atoms with E-state index in [2.05, 4.69) is 58.7 Å². The van der Waals surface area contributed by atoms with E-state index in [1.807, 2.05) is 0 Å². The standard InChI is InChI=1S/C18H38N2/c1-8-16(14-19-18(5,6)7)20-12-9-10-15(11-13-20)17(2,3)4/h15-16,19H,8-14H2,1-7H3. The lowest BCUT2D eigenvalue weighted by Crippen LogP contribution is -2.47. The summed E-state index contributed by atoms with van der Waals surface area (Å²) >= 11 is 0. The Balaban J connectivity index is 2.53. The van der Waals surface area contributed by atoms with Crippen LogP contribution in [-0.4, -0.2) is 36.1 Å². The van der Waals surface area contributed by atoms with Crippen molar-refractivity contribution in [3.63, 3.8) is 0 Å². The zero-order valence-corrected chi connectivity index (χ0v) is 15.1. The summed E-state index contributed by atoms with van der Waals surface area (Å²) in [4.78, 5) is 2.74. The fourth-order valence-electron chi connectivity index (χ4n) is 3.31. The SMILES string of the molecule is CCC(CNC(C)(C)C)N1CCCC(C(C)(C)C)CC1. The van der Waals surface area contributed by atoms with Crippen LogP contribution in [0, 0.1) is 11.3 Å². The van der Waals surface area contributed by atoms with Crippen molar-refractivity contribution in [2.45, 2.75) is 85.7 Å². The Morgan fingerprint density at radius 1 is 1.05 bits per heavy atom. The van der Waals surface area contributed by atoms with Gasteiger partial charge in [0.25, 0.3) is 0 Å². The van der Waals surface area contributed by atoms with Crippen LogP contribution in [0.15, 0.2) is 0 Å². The Kier molecular flexibility index (Phi) is 6.53. The van der Waals surface area contributed by atoms with Crippen molar-refractivity contribution in [3.8, 4) is 0 Å². The lowest BCUT2D eigenvalue weighted by Gasteiger charge is -2.34. The summed E-state index contributed by atoms with van der Waals surface area (Å²) in [6, 6.07) is 0.702. The summed E-state index contributed by atoms with van der Waals surface area (Å²) in [5, 5.41) is 3.69. The van der Waals surface area contributed by atoms with Crippen LogP contribution in [0.3, 0.4) is 0 Å². The highest BCUT2D eigenvalue weighted by Crippen LogP contribution is 2.34. The third kappa shape index (κ3) is 6.13. The number of nitrogens with zero attached hydrogens (tertiary/aromatic N) is 1. The van der Waals surface area contributed by atoms with Crippen molar-refractivity contribution in [1.82, 2.24) is 10.2 Å². The number of rotatable bonds is 4. The third-order valence-electron chi connectivity index (χ3n) is 4.84. The second kappa shape index (κ2) is 7.26. The maximum atomic E-state index is 3.69. The number of nitrogens with one attached hydrogen (secondary N) is 1. The summed E-state index contributed by atoms with van der Waals surface area (Å²) < 4.78 is 0. The highest BCUT2D eigenvalue weighted by atomic mass is 15.2. The molecule has 0 radical (unpaired) electrons. The summed E-state index contributed by atoms with van der Waals surface area (Å²) in [7, 11) is 0. The van der Waals surface area contributed by atoms with Gasteiger partial charge in [0.1, 0.15) is 0 Å². The molecule has 0 spiro atoms. The zero-order valence-electron chi connectivity index (χ0n) is 15.1. The molecule has 1 rings (SSSR count). The van der Waals surface area contributed by atoms with E-state index in [0.717, 1.165) is 12.5 Å². The van der Waals surface area contributed by atoms with Gasteiger partial charge in [0.05, 0.1) is 0 Å². The molecule has 2 nitrogen and oxygen atoms in total. The topological polar surface area (TPSA) is 15.3 Å². The van der Waals surface area contributed by atoms with Crippen LogP contribution < -0.4 is 5.32 Å². The summed E-state index contributed by atoms with van der Waals surface area (Å²) in [6.07, 6.45) is 5.40. The van der Waals surface area contributed by atoms with E-state index in [0.29, 0.717) is 11.5 Å². The molecule has 1 fully saturated rings. The normalized spacial score (nSPS) is 24.4. The molecule has 1 aliphatic rings. The van der Waals surface area contributed by atoms with E-state index in [-0.39, 0.29) is 5.54 Å². The van der Waals surface area contributed by atoms with Gasteiger partial charge in [-0.1, -0.05) is 27.7 Å². The molecule has 2 unspecified atom stereocenters. The molecule has 1 N–H and O–H groups in total. The second-order valence-corrected chi connectivity index (χ2v) is 8.72. The molecule has 1 aliphatic heterocycles. The van der Waals surface area contributed by atoms with Gasteiger partial charge >= 0.3 is 0 Å². The average Bonchev–Trinajstić information content (AvgIpc) is 2.53. The van der Waals surface area contributed by atoms with Crippen LogP contribution in [0.25, 0.3) is 0 Å². The monoisotopic (exact) mass is 282 g/mol. The van der Waals surface area contributed by atoms with Crippen LogP contribution in [0.2, 0.25) is 0 Å².